The fourth-order valence-corrected chi connectivity index (χ4v) is 2.08. The van der Waals surface area contributed by atoms with Crippen LogP contribution in [0.5, 0.6) is 5.75 Å². The van der Waals surface area contributed by atoms with Gasteiger partial charge in [0.05, 0.1) is 6.10 Å². The van der Waals surface area contributed by atoms with E-state index in [2.05, 4.69) is 5.32 Å². The lowest BCUT2D eigenvalue weighted by Gasteiger charge is -2.15. The molecule has 0 fully saturated rings. The SMILES string of the molecule is CC(Cl)CC(C)NC(=O)c1ccc(OC(C)C)cc1. The number of hydrogen-bond donors (Lipinski definition) is 1. The van der Waals surface area contributed by atoms with Gasteiger partial charge in [0.15, 0.2) is 0 Å². The number of amides is 1. The highest BCUT2D eigenvalue weighted by Crippen LogP contribution is 2.14. The molecule has 0 saturated heterocycles. The summed E-state index contributed by atoms with van der Waals surface area (Å²) in [6.45, 7) is 7.81. The van der Waals surface area contributed by atoms with E-state index in [0.717, 1.165) is 12.2 Å². The highest BCUT2D eigenvalue weighted by molar-refractivity contribution is 6.20. The predicted octanol–water partition coefficient (Wildman–Crippen LogP) is 3.61. The topological polar surface area (TPSA) is 38.3 Å². The maximum atomic E-state index is 12.0. The Hall–Kier alpha value is -1.22. The number of rotatable bonds is 6. The van der Waals surface area contributed by atoms with Crippen LogP contribution in [-0.2, 0) is 0 Å². The average Bonchev–Trinajstić information content (AvgIpc) is 2.27. The number of nitrogens with one attached hydrogen (secondary N) is 1. The van der Waals surface area contributed by atoms with Crippen LogP contribution in [0.2, 0.25) is 0 Å². The van der Waals surface area contributed by atoms with Gasteiger partial charge in [-0.05, 0) is 58.4 Å². The molecule has 0 spiro atoms. The Morgan fingerprint density at radius 1 is 1.21 bits per heavy atom. The molecule has 4 heteroatoms. The van der Waals surface area contributed by atoms with Gasteiger partial charge >= 0.3 is 0 Å². The van der Waals surface area contributed by atoms with Gasteiger partial charge in [0.1, 0.15) is 5.75 Å². The van der Waals surface area contributed by atoms with E-state index in [1.54, 1.807) is 12.1 Å². The Balaban J connectivity index is 2.57. The van der Waals surface area contributed by atoms with Crippen LogP contribution in [-0.4, -0.2) is 23.4 Å². The van der Waals surface area contributed by atoms with Gasteiger partial charge in [-0.15, -0.1) is 11.6 Å². The van der Waals surface area contributed by atoms with Crippen molar-refractivity contribution in [3.05, 3.63) is 29.8 Å². The first kappa shape index (κ1) is 15.8. The second-order valence-electron chi connectivity index (χ2n) is 5.08. The summed E-state index contributed by atoms with van der Waals surface area (Å²) in [5.74, 6) is 0.690. The lowest BCUT2D eigenvalue weighted by molar-refractivity contribution is 0.0938. The Morgan fingerprint density at radius 2 is 1.79 bits per heavy atom. The van der Waals surface area contributed by atoms with Crippen molar-refractivity contribution in [2.45, 2.75) is 51.6 Å². The lowest BCUT2D eigenvalue weighted by Crippen LogP contribution is -2.33. The third-order valence-electron chi connectivity index (χ3n) is 2.54. The van der Waals surface area contributed by atoms with Gasteiger partial charge in [-0.1, -0.05) is 0 Å². The Kier molecular flexibility index (Phi) is 6.16. The quantitative estimate of drug-likeness (QED) is 0.810. The first-order valence-electron chi connectivity index (χ1n) is 6.60. The van der Waals surface area contributed by atoms with Gasteiger partial charge in [-0.25, -0.2) is 0 Å². The number of alkyl halides is 1. The molecule has 0 aliphatic rings. The zero-order chi connectivity index (χ0) is 14.4. The molecule has 2 unspecified atom stereocenters. The molecule has 0 bridgehead atoms. The van der Waals surface area contributed by atoms with Crippen LogP contribution in [0.25, 0.3) is 0 Å². The van der Waals surface area contributed by atoms with Crippen LogP contribution in [0.1, 0.15) is 44.5 Å². The molecule has 0 saturated carbocycles. The molecule has 0 radical (unpaired) electrons. The zero-order valence-electron chi connectivity index (χ0n) is 11.9. The van der Waals surface area contributed by atoms with Gasteiger partial charge < -0.3 is 10.1 Å². The largest absolute Gasteiger partial charge is 0.491 e. The second kappa shape index (κ2) is 7.39. The van der Waals surface area contributed by atoms with Gasteiger partial charge in [0.25, 0.3) is 5.91 Å². The van der Waals surface area contributed by atoms with Crippen LogP contribution in [0, 0.1) is 0 Å². The van der Waals surface area contributed by atoms with Crippen molar-refractivity contribution in [2.75, 3.05) is 0 Å². The molecule has 19 heavy (non-hydrogen) atoms. The highest BCUT2D eigenvalue weighted by atomic mass is 35.5. The summed E-state index contributed by atoms with van der Waals surface area (Å²) < 4.78 is 5.53. The number of halogens is 1. The number of ether oxygens (including phenoxy) is 1. The summed E-state index contributed by atoms with van der Waals surface area (Å²) in [5.41, 5.74) is 0.630. The van der Waals surface area contributed by atoms with Crippen molar-refractivity contribution in [1.29, 1.82) is 0 Å². The standard InChI is InChI=1S/C15H22ClNO2/c1-10(2)19-14-7-5-13(6-8-14)15(18)17-12(4)9-11(3)16/h5-8,10-12H,9H2,1-4H3,(H,17,18). The van der Waals surface area contributed by atoms with Crippen molar-refractivity contribution in [3.8, 4) is 5.75 Å². The molecule has 0 aliphatic heterocycles. The van der Waals surface area contributed by atoms with Crippen molar-refractivity contribution >= 4 is 17.5 Å². The van der Waals surface area contributed by atoms with Crippen LogP contribution in [0.15, 0.2) is 24.3 Å². The van der Waals surface area contributed by atoms with E-state index >= 15 is 0 Å². The Labute approximate surface area is 120 Å². The number of hydrogen-bond acceptors (Lipinski definition) is 2. The molecule has 1 aromatic carbocycles. The number of carbonyl (C=O) groups excluding carboxylic acids is 1. The fourth-order valence-electron chi connectivity index (χ4n) is 1.81. The molecule has 106 valence electrons. The summed E-state index contributed by atoms with van der Waals surface area (Å²) in [7, 11) is 0. The molecule has 1 aromatic rings. The zero-order valence-corrected chi connectivity index (χ0v) is 12.7. The summed E-state index contributed by atoms with van der Waals surface area (Å²) in [6, 6.07) is 7.22. The van der Waals surface area contributed by atoms with Crippen LogP contribution in [0.3, 0.4) is 0 Å². The molecule has 1 amide bonds. The maximum Gasteiger partial charge on any atom is 0.251 e. The molecule has 2 atom stereocenters. The Morgan fingerprint density at radius 3 is 2.26 bits per heavy atom. The van der Waals surface area contributed by atoms with Crippen molar-refractivity contribution in [2.24, 2.45) is 0 Å². The van der Waals surface area contributed by atoms with E-state index in [0.29, 0.717) is 5.56 Å². The normalized spacial score (nSPS) is 14.0. The number of carbonyl (C=O) groups is 1. The van der Waals surface area contributed by atoms with Crippen molar-refractivity contribution in [1.82, 2.24) is 5.32 Å². The summed E-state index contributed by atoms with van der Waals surface area (Å²) in [4.78, 5) is 12.0. The molecule has 0 aliphatic carbocycles. The van der Waals surface area contributed by atoms with E-state index < -0.39 is 0 Å². The molecular formula is C15H22ClNO2. The highest BCUT2D eigenvalue weighted by Gasteiger charge is 2.11. The molecule has 3 nitrogen and oxygen atoms in total. The first-order chi connectivity index (χ1) is 8.88. The summed E-state index contributed by atoms with van der Waals surface area (Å²) >= 11 is 5.90. The van der Waals surface area contributed by atoms with Crippen LogP contribution in [0.4, 0.5) is 0 Å². The minimum Gasteiger partial charge on any atom is -0.491 e. The monoisotopic (exact) mass is 283 g/mol. The van der Waals surface area contributed by atoms with E-state index in [4.69, 9.17) is 16.3 Å². The van der Waals surface area contributed by atoms with Crippen LogP contribution < -0.4 is 10.1 Å². The molecule has 0 aromatic heterocycles. The molecule has 1 N–H and O–H groups in total. The van der Waals surface area contributed by atoms with Gasteiger partial charge in [0.2, 0.25) is 0 Å². The minimum absolute atomic E-state index is 0.0529. The van der Waals surface area contributed by atoms with Gasteiger partial charge in [0, 0.05) is 17.0 Å². The van der Waals surface area contributed by atoms with Gasteiger partial charge in [-0.3, -0.25) is 4.79 Å². The third-order valence-corrected chi connectivity index (χ3v) is 2.72. The second-order valence-corrected chi connectivity index (χ2v) is 5.83. The Bertz CT molecular complexity index is 401. The molecular weight excluding hydrogens is 262 g/mol. The van der Waals surface area contributed by atoms with Crippen molar-refractivity contribution in [3.63, 3.8) is 0 Å². The van der Waals surface area contributed by atoms with Crippen LogP contribution >= 0.6 is 11.6 Å². The molecule has 0 heterocycles. The number of benzene rings is 1. The smallest absolute Gasteiger partial charge is 0.251 e. The summed E-state index contributed by atoms with van der Waals surface area (Å²) in [6.07, 6.45) is 0.881. The fraction of sp³-hybridized carbons (Fsp3) is 0.533. The average molecular weight is 284 g/mol. The lowest BCUT2D eigenvalue weighted by atomic mass is 10.1. The third kappa shape index (κ3) is 5.97. The molecule has 1 rings (SSSR count). The van der Waals surface area contributed by atoms with E-state index in [1.165, 1.54) is 0 Å². The summed E-state index contributed by atoms with van der Waals surface area (Å²) in [5, 5.41) is 2.98. The predicted molar refractivity (Wildman–Crippen MR) is 79.1 cm³/mol. The minimum atomic E-state index is -0.0825. The van der Waals surface area contributed by atoms with Crippen molar-refractivity contribution < 1.29 is 9.53 Å². The maximum absolute atomic E-state index is 12.0. The van der Waals surface area contributed by atoms with E-state index in [-0.39, 0.29) is 23.4 Å². The van der Waals surface area contributed by atoms with Gasteiger partial charge in [-0.2, -0.15) is 0 Å². The van der Waals surface area contributed by atoms with E-state index in [9.17, 15) is 4.79 Å². The van der Waals surface area contributed by atoms with E-state index in [1.807, 2.05) is 39.8 Å². The first-order valence-corrected chi connectivity index (χ1v) is 7.03.